The number of urea groups is 1. The van der Waals surface area contributed by atoms with Crippen LogP contribution >= 0.6 is 0 Å². The molecule has 2 rings (SSSR count). The van der Waals surface area contributed by atoms with Gasteiger partial charge in [0.05, 0.1) is 18.3 Å². The van der Waals surface area contributed by atoms with Gasteiger partial charge in [0.1, 0.15) is 12.4 Å². The van der Waals surface area contributed by atoms with Crippen LogP contribution in [0.2, 0.25) is 0 Å². The van der Waals surface area contributed by atoms with Gasteiger partial charge in [-0.1, -0.05) is 6.07 Å². The number of rotatable bonds is 6. The Labute approximate surface area is 139 Å². The number of pyridine rings is 1. The Kier molecular flexibility index (Phi) is 6.06. The third-order valence-electron chi connectivity index (χ3n) is 3.55. The quantitative estimate of drug-likeness (QED) is 0.825. The summed E-state index contributed by atoms with van der Waals surface area (Å²) in [4.78, 5) is 17.8. The molecule has 5 nitrogen and oxygen atoms in total. The normalized spacial score (nSPS) is 11.7. The molecule has 0 bridgehead atoms. The molecule has 1 atom stereocenters. The highest BCUT2D eigenvalue weighted by atomic mass is 19.1. The lowest BCUT2D eigenvalue weighted by Crippen LogP contribution is -2.40. The number of nitrogens with zero attached hydrogens (tertiary/aromatic N) is 2. The summed E-state index contributed by atoms with van der Waals surface area (Å²) >= 11 is 0. The number of hydrogen-bond acceptors (Lipinski definition) is 3. The number of benzene rings is 1. The number of hydrogen-bond donors (Lipinski definition) is 1. The predicted molar refractivity (Wildman–Crippen MR) is 85.7 cm³/mol. The first-order valence-electron chi connectivity index (χ1n) is 7.48. The SMILES string of the molecule is CC(c1ccccn1)N(C)C(=O)NCCOc1ccc(F)cc1F. The van der Waals surface area contributed by atoms with E-state index in [0.29, 0.717) is 0 Å². The molecule has 2 amide bonds. The number of ether oxygens (including phenoxy) is 1. The topological polar surface area (TPSA) is 54.5 Å². The van der Waals surface area contributed by atoms with Crippen molar-refractivity contribution >= 4 is 6.03 Å². The summed E-state index contributed by atoms with van der Waals surface area (Å²) in [5.74, 6) is -1.50. The second-order valence-corrected chi connectivity index (χ2v) is 5.20. The first-order chi connectivity index (χ1) is 11.5. The standard InChI is InChI=1S/C17H19F2N3O2/c1-12(15-5-3-4-8-20-15)22(2)17(23)21-9-10-24-16-7-6-13(18)11-14(16)19/h3-8,11-12H,9-10H2,1-2H3,(H,21,23). The largest absolute Gasteiger partial charge is 0.489 e. The molecule has 128 valence electrons. The molecule has 24 heavy (non-hydrogen) atoms. The highest BCUT2D eigenvalue weighted by Crippen LogP contribution is 2.17. The van der Waals surface area contributed by atoms with Gasteiger partial charge in [0.25, 0.3) is 0 Å². The van der Waals surface area contributed by atoms with E-state index in [9.17, 15) is 13.6 Å². The lowest BCUT2D eigenvalue weighted by Gasteiger charge is -2.24. The summed E-state index contributed by atoms with van der Waals surface area (Å²) in [6.07, 6.45) is 1.67. The van der Waals surface area contributed by atoms with Crippen molar-refractivity contribution in [3.8, 4) is 5.75 Å². The van der Waals surface area contributed by atoms with E-state index in [1.54, 1.807) is 13.2 Å². The van der Waals surface area contributed by atoms with Crippen molar-refractivity contribution < 1.29 is 18.3 Å². The first kappa shape index (κ1) is 17.7. The zero-order valence-electron chi connectivity index (χ0n) is 13.5. The van der Waals surface area contributed by atoms with Crippen LogP contribution in [0.3, 0.4) is 0 Å². The lowest BCUT2D eigenvalue weighted by atomic mass is 10.2. The highest BCUT2D eigenvalue weighted by molar-refractivity contribution is 5.74. The smallest absolute Gasteiger partial charge is 0.317 e. The number of aromatic nitrogens is 1. The molecule has 0 radical (unpaired) electrons. The van der Waals surface area contributed by atoms with Crippen molar-refractivity contribution in [3.05, 3.63) is 59.9 Å². The van der Waals surface area contributed by atoms with Crippen LogP contribution in [0.15, 0.2) is 42.6 Å². The molecule has 0 saturated heterocycles. The zero-order valence-corrected chi connectivity index (χ0v) is 13.5. The van der Waals surface area contributed by atoms with Crippen LogP contribution in [-0.2, 0) is 0 Å². The number of amides is 2. The Hall–Kier alpha value is -2.70. The molecule has 1 heterocycles. The van der Waals surface area contributed by atoms with Crippen LogP contribution in [0.25, 0.3) is 0 Å². The zero-order chi connectivity index (χ0) is 17.5. The van der Waals surface area contributed by atoms with Crippen molar-refractivity contribution in [2.75, 3.05) is 20.2 Å². The maximum absolute atomic E-state index is 13.4. The van der Waals surface area contributed by atoms with Crippen LogP contribution in [0.4, 0.5) is 13.6 Å². The maximum Gasteiger partial charge on any atom is 0.317 e. The fraction of sp³-hybridized carbons (Fsp3) is 0.294. The minimum Gasteiger partial charge on any atom is -0.489 e. The van der Waals surface area contributed by atoms with Crippen molar-refractivity contribution in [1.82, 2.24) is 15.2 Å². The molecule has 0 aliphatic rings. The predicted octanol–water partition coefficient (Wildman–Crippen LogP) is 3.14. The van der Waals surface area contributed by atoms with Crippen LogP contribution < -0.4 is 10.1 Å². The Morgan fingerprint density at radius 2 is 2.12 bits per heavy atom. The van der Waals surface area contributed by atoms with Crippen molar-refractivity contribution in [3.63, 3.8) is 0 Å². The maximum atomic E-state index is 13.4. The number of nitrogens with one attached hydrogen (secondary N) is 1. The van der Waals surface area contributed by atoms with Gasteiger partial charge in [-0.25, -0.2) is 13.6 Å². The molecule has 0 saturated carbocycles. The van der Waals surface area contributed by atoms with Gasteiger partial charge in [-0.15, -0.1) is 0 Å². The summed E-state index contributed by atoms with van der Waals surface area (Å²) in [7, 11) is 1.66. The third-order valence-corrected chi connectivity index (χ3v) is 3.55. The monoisotopic (exact) mass is 335 g/mol. The van der Waals surface area contributed by atoms with Gasteiger partial charge in [0.2, 0.25) is 0 Å². The van der Waals surface area contributed by atoms with E-state index in [1.165, 1.54) is 11.0 Å². The fourth-order valence-corrected chi connectivity index (χ4v) is 2.03. The summed E-state index contributed by atoms with van der Waals surface area (Å²) in [5, 5.41) is 2.67. The molecule has 0 spiro atoms. The van der Waals surface area contributed by atoms with E-state index in [0.717, 1.165) is 17.8 Å². The minimum absolute atomic E-state index is 0.0548. The molecule has 0 aliphatic carbocycles. The van der Waals surface area contributed by atoms with Gasteiger partial charge < -0.3 is 15.0 Å². The van der Waals surface area contributed by atoms with E-state index in [4.69, 9.17) is 4.74 Å². The molecule has 0 aliphatic heterocycles. The van der Waals surface area contributed by atoms with Gasteiger partial charge in [0, 0.05) is 19.3 Å². The lowest BCUT2D eigenvalue weighted by molar-refractivity contribution is 0.190. The molecule has 0 fully saturated rings. The highest BCUT2D eigenvalue weighted by Gasteiger charge is 2.17. The van der Waals surface area contributed by atoms with Crippen LogP contribution in [0, 0.1) is 11.6 Å². The summed E-state index contributed by atoms with van der Waals surface area (Å²) < 4.78 is 31.4. The van der Waals surface area contributed by atoms with E-state index in [1.807, 2.05) is 25.1 Å². The number of carbonyl (C=O) groups excluding carboxylic acids is 1. The number of carbonyl (C=O) groups is 1. The molecular formula is C17H19F2N3O2. The molecular weight excluding hydrogens is 316 g/mol. The van der Waals surface area contributed by atoms with Crippen molar-refractivity contribution in [2.45, 2.75) is 13.0 Å². The van der Waals surface area contributed by atoms with Crippen molar-refractivity contribution in [2.24, 2.45) is 0 Å². The summed E-state index contributed by atoms with van der Waals surface area (Å²) in [5.41, 5.74) is 0.778. The van der Waals surface area contributed by atoms with Gasteiger partial charge in [-0.2, -0.15) is 0 Å². The third kappa shape index (κ3) is 4.65. The average molecular weight is 335 g/mol. The number of halogens is 2. The van der Waals surface area contributed by atoms with E-state index >= 15 is 0 Å². The van der Waals surface area contributed by atoms with Crippen LogP contribution in [-0.4, -0.2) is 36.1 Å². The molecule has 7 heteroatoms. The fourth-order valence-electron chi connectivity index (χ4n) is 2.03. The molecule has 1 aromatic heterocycles. The van der Waals surface area contributed by atoms with Gasteiger partial charge in [0.15, 0.2) is 11.6 Å². The minimum atomic E-state index is -0.776. The summed E-state index contributed by atoms with van der Waals surface area (Å²) in [6.45, 7) is 2.13. The second kappa shape index (κ2) is 8.24. The first-order valence-corrected chi connectivity index (χ1v) is 7.48. The van der Waals surface area contributed by atoms with Crippen molar-refractivity contribution in [1.29, 1.82) is 0 Å². The Morgan fingerprint density at radius 3 is 2.79 bits per heavy atom. The van der Waals surface area contributed by atoms with E-state index in [2.05, 4.69) is 10.3 Å². The Bertz CT molecular complexity index is 683. The van der Waals surface area contributed by atoms with Gasteiger partial charge >= 0.3 is 6.03 Å². The molecule has 1 aromatic carbocycles. The summed E-state index contributed by atoms with van der Waals surface area (Å²) in [6, 6.07) is 8.09. The molecule has 1 N–H and O–H groups in total. The van der Waals surface area contributed by atoms with Crippen LogP contribution in [0.5, 0.6) is 5.75 Å². The van der Waals surface area contributed by atoms with Crippen LogP contribution in [0.1, 0.15) is 18.7 Å². The second-order valence-electron chi connectivity index (χ2n) is 5.20. The average Bonchev–Trinajstić information content (AvgIpc) is 2.59. The van der Waals surface area contributed by atoms with Gasteiger partial charge in [-0.05, 0) is 31.2 Å². The Morgan fingerprint density at radius 1 is 1.33 bits per heavy atom. The Balaban J connectivity index is 1.78. The van der Waals surface area contributed by atoms with E-state index in [-0.39, 0.29) is 31.0 Å². The van der Waals surface area contributed by atoms with Gasteiger partial charge in [-0.3, -0.25) is 4.98 Å². The molecule has 2 aromatic rings. The molecule has 1 unspecified atom stereocenters. The van der Waals surface area contributed by atoms with E-state index < -0.39 is 11.6 Å².